The summed E-state index contributed by atoms with van der Waals surface area (Å²) in [6, 6.07) is 16.0. The second-order valence-corrected chi connectivity index (χ2v) is 9.68. The van der Waals surface area contributed by atoms with Crippen molar-refractivity contribution in [2.24, 2.45) is 0 Å². The predicted molar refractivity (Wildman–Crippen MR) is 143 cm³/mol. The number of aryl methyl sites for hydroxylation is 1. The summed E-state index contributed by atoms with van der Waals surface area (Å²) in [5, 5.41) is 13.5. The summed E-state index contributed by atoms with van der Waals surface area (Å²) in [7, 11) is 1.51. The van der Waals surface area contributed by atoms with Crippen molar-refractivity contribution in [1.29, 1.82) is 5.26 Å². The number of carbonyl (C=O) groups is 1. The number of amides is 1. The van der Waals surface area contributed by atoms with Crippen LogP contribution in [0.5, 0.6) is 11.5 Å². The molecule has 1 N–H and O–H groups in total. The number of rotatable bonds is 7. The SMILES string of the molecule is COc1cccc(/C=C(\C#N)C(=O)Nc2c(Br)cc(C)cc2Br)c1OCc1ccc(Cl)cc1Cl. The standard InChI is InChI=1S/C25H18Br2Cl2N2O3/c1-14-8-19(26)23(20(27)9-14)31-25(32)17(12-30)10-15-4-3-5-22(33-2)24(15)34-13-16-6-7-18(28)11-21(16)29/h3-11H,13H2,1-2H3,(H,31,32)/b17-10+. The van der Waals surface area contributed by atoms with Gasteiger partial charge in [0.15, 0.2) is 11.5 Å². The largest absolute Gasteiger partial charge is 0.493 e. The molecule has 0 aromatic heterocycles. The Labute approximate surface area is 224 Å². The summed E-state index contributed by atoms with van der Waals surface area (Å²) in [6.07, 6.45) is 1.45. The van der Waals surface area contributed by atoms with Gasteiger partial charge >= 0.3 is 0 Å². The molecule has 3 rings (SSSR count). The average molecular weight is 625 g/mol. The predicted octanol–water partition coefficient (Wildman–Crippen LogP) is 7.96. The molecule has 1 amide bonds. The molecule has 0 spiro atoms. The Morgan fingerprint density at radius 2 is 1.85 bits per heavy atom. The first-order valence-electron chi connectivity index (χ1n) is 9.86. The Hall–Kier alpha value is -2.50. The van der Waals surface area contributed by atoms with Crippen molar-refractivity contribution >= 4 is 72.7 Å². The Morgan fingerprint density at radius 3 is 2.47 bits per heavy atom. The maximum atomic E-state index is 12.9. The summed E-state index contributed by atoms with van der Waals surface area (Å²) >= 11 is 19.1. The van der Waals surface area contributed by atoms with Crippen LogP contribution in [-0.2, 0) is 11.4 Å². The number of carbonyl (C=O) groups excluding carboxylic acids is 1. The lowest BCUT2D eigenvalue weighted by Gasteiger charge is -2.15. The van der Waals surface area contributed by atoms with Gasteiger partial charge in [-0.15, -0.1) is 0 Å². The highest BCUT2D eigenvalue weighted by molar-refractivity contribution is 9.11. The van der Waals surface area contributed by atoms with Gasteiger partial charge in [0, 0.05) is 30.1 Å². The zero-order valence-electron chi connectivity index (χ0n) is 18.1. The normalized spacial score (nSPS) is 11.0. The van der Waals surface area contributed by atoms with E-state index >= 15 is 0 Å². The van der Waals surface area contributed by atoms with Crippen LogP contribution in [0, 0.1) is 18.3 Å². The van der Waals surface area contributed by atoms with E-state index in [0.717, 1.165) is 11.1 Å². The van der Waals surface area contributed by atoms with Crippen molar-refractivity contribution in [1.82, 2.24) is 0 Å². The number of hydrogen-bond donors (Lipinski definition) is 1. The zero-order valence-corrected chi connectivity index (χ0v) is 22.8. The molecule has 0 unspecified atom stereocenters. The van der Waals surface area contributed by atoms with Crippen LogP contribution in [0.25, 0.3) is 6.08 Å². The summed E-state index contributed by atoms with van der Waals surface area (Å²) < 4.78 is 12.8. The molecule has 5 nitrogen and oxygen atoms in total. The molecule has 0 aliphatic heterocycles. The average Bonchev–Trinajstić information content (AvgIpc) is 2.79. The van der Waals surface area contributed by atoms with Crippen molar-refractivity contribution in [3.05, 3.63) is 89.8 Å². The molecule has 0 bridgehead atoms. The van der Waals surface area contributed by atoms with E-state index < -0.39 is 5.91 Å². The van der Waals surface area contributed by atoms with Gasteiger partial charge in [-0.3, -0.25) is 4.79 Å². The van der Waals surface area contributed by atoms with Crippen molar-refractivity contribution in [2.75, 3.05) is 12.4 Å². The Kier molecular flexibility index (Phi) is 9.03. The van der Waals surface area contributed by atoms with Gasteiger partial charge in [-0.1, -0.05) is 41.4 Å². The molecule has 0 aliphatic carbocycles. The number of anilines is 1. The Balaban J connectivity index is 1.92. The van der Waals surface area contributed by atoms with Crippen molar-refractivity contribution < 1.29 is 14.3 Å². The molecule has 174 valence electrons. The number of benzene rings is 3. The van der Waals surface area contributed by atoms with Crippen molar-refractivity contribution in [3.8, 4) is 17.6 Å². The number of para-hydroxylation sites is 1. The molecule has 3 aromatic carbocycles. The Bertz CT molecular complexity index is 1300. The summed E-state index contributed by atoms with van der Waals surface area (Å²) in [6.45, 7) is 2.07. The van der Waals surface area contributed by atoms with Crippen LogP contribution in [0.15, 0.2) is 63.0 Å². The highest BCUT2D eigenvalue weighted by Gasteiger charge is 2.17. The third-order valence-electron chi connectivity index (χ3n) is 4.71. The summed E-state index contributed by atoms with van der Waals surface area (Å²) in [5.41, 5.74) is 2.64. The smallest absolute Gasteiger partial charge is 0.266 e. The number of nitrogens with zero attached hydrogens (tertiary/aromatic N) is 1. The zero-order chi connectivity index (χ0) is 24.8. The molecule has 0 heterocycles. The van der Waals surface area contributed by atoms with Crippen LogP contribution in [-0.4, -0.2) is 13.0 Å². The van der Waals surface area contributed by atoms with Crippen LogP contribution in [0.4, 0.5) is 5.69 Å². The van der Waals surface area contributed by atoms with Crippen molar-refractivity contribution in [2.45, 2.75) is 13.5 Å². The minimum Gasteiger partial charge on any atom is -0.493 e. The van der Waals surface area contributed by atoms with Gasteiger partial charge in [0.1, 0.15) is 18.2 Å². The molecule has 0 aliphatic rings. The van der Waals surface area contributed by atoms with Gasteiger partial charge < -0.3 is 14.8 Å². The van der Waals surface area contributed by atoms with Crippen LogP contribution < -0.4 is 14.8 Å². The molecular formula is C25H18Br2Cl2N2O3. The van der Waals surface area contributed by atoms with E-state index in [4.69, 9.17) is 32.7 Å². The van der Waals surface area contributed by atoms with E-state index in [1.807, 2.05) is 25.1 Å². The third kappa shape index (κ3) is 6.34. The monoisotopic (exact) mass is 622 g/mol. The molecule has 0 saturated heterocycles. The maximum absolute atomic E-state index is 12.9. The first-order valence-corrected chi connectivity index (χ1v) is 12.2. The van der Waals surface area contributed by atoms with Gasteiger partial charge in [-0.25, -0.2) is 0 Å². The quantitative estimate of drug-likeness (QED) is 0.214. The van der Waals surface area contributed by atoms with E-state index in [9.17, 15) is 10.1 Å². The molecule has 0 atom stereocenters. The Morgan fingerprint density at radius 1 is 1.15 bits per heavy atom. The van der Waals surface area contributed by atoms with E-state index in [1.165, 1.54) is 13.2 Å². The van der Waals surface area contributed by atoms with Crippen LogP contribution in [0.3, 0.4) is 0 Å². The van der Waals surface area contributed by atoms with Gasteiger partial charge in [0.05, 0.1) is 12.8 Å². The lowest BCUT2D eigenvalue weighted by Crippen LogP contribution is -2.14. The van der Waals surface area contributed by atoms with E-state index in [0.29, 0.717) is 41.7 Å². The molecule has 9 heteroatoms. The van der Waals surface area contributed by atoms with Crippen LogP contribution in [0.1, 0.15) is 16.7 Å². The third-order valence-corrected chi connectivity index (χ3v) is 6.54. The summed E-state index contributed by atoms with van der Waals surface area (Å²) in [4.78, 5) is 12.9. The van der Waals surface area contributed by atoms with Crippen LogP contribution in [0.2, 0.25) is 10.0 Å². The van der Waals surface area contributed by atoms with Gasteiger partial charge in [-0.2, -0.15) is 5.26 Å². The van der Waals surface area contributed by atoms with Gasteiger partial charge in [0.25, 0.3) is 5.91 Å². The lowest BCUT2D eigenvalue weighted by atomic mass is 10.1. The van der Waals surface area contributed by atoms with Crippen LogP contribution >= 0.6 is 55.1 Å². The fourth-order valence-corrected chi connectivity index (χ4v) is 5.13. The van der Waals surface area contributed by atoms with Gasteiger partial charge in [-0.05, 0) is 80.8 Å². The molecular weight excluding hydrogens is 607 g/mol. The van der Waals surface area contributed by atoms with E-state index in [1.54, 1.807) is 36.4 Å². The molecule has 0 fully saturated rings. The number of nitrogens with one attached hydrogen (secondary N) is 1. The number of methoxy groups -OCH3 is 1. The molecule has 3 aromatic rings. The topological polar surface area (TPSA) is 71.3 Å². The number of hydrogen-bond acceptors (Lipinski definition) is 4. The highest BCUT2D eigenvalue weighted by atomic mass is 79.9. The molecule has 34 heavy (non-hydrogen) atoms. The fraction of sp³-hybridized carbons (Fsp3) is 0.120. The number of ether oxygens (including phenoxy) is 2. The lowest BCUT2D eigenvalue weighted by molar-refractivity contribution is -0.112. The van der Waals surface area contributed by atoms with E-state index in [2.05, 4.69) is 37.2 Å². The highest BCUT2D eigenvalue weighted by Crippen LogP contribution is 2.35. The number of halogens is 4. The van der Waals surface area contributed by atoms with Gasteiger partial charge in [0.2, 0.25) is 0 Å². The first-order chi connectivity index (χ1) is 16.2. The number of nitriles is 1. The first kappa shape index (κ1) is 26.1. The van der Waals surface area contributed by atoms with E-state index in [-0.39, 0.29) is 12.2 Å². The molecule has 0 saturated carbocycles. The van der Waals surface area contributed by atoms with Crippen molar-refractivity contribution in [3.63, 3.8) is 0 Å². The minimum atomic E-state index is -0.567. The second-order valence-electron chi connectivity index (χ2n) is 7.13. The second kappa shape index (κ2) is 11.8. The summed E-state index contributed by atoms with van der Waals surface area (Å²) in [5.74, 6) is 0.247. The fourth-order valence-electron chi connectivity index (χ4n) is 3.05. The molecule has 0 radical (unpaired) electrons. The minimum absolute atomic E-state index is 0.109. The maximum Gasteiger partial charge on any atom is 0.266 e.